The number of rotatable bonds is 4. The number of hydrogen-bond acceptors (Lipinski definition) is 3. The summed E-state index contributed by atoms with van der Waals surface area (Å²) in [6.07, 6.45) is 0. The molecule has 1 aromatic carbocycles. The molecule has 0 amide bonds. The maximum Gasteiger partial charge on any atom is 0.194 e. The number of nitrogens with one attached hydrogen (secondary N) is 1. The van der Waals surface area contributed by atoms with Gasteiger partial charge in [-0.1, -0.05) is 26.0 Å². The van der Waals surface area contributed by atoms with Crippen LogP contribution in [0.5, 0.6) is 5.75 Å². The Balaban J connectivity index is 2.21. The summed E-state index contributed by atoms with van der Waals surface area (Å²) < 4.78 is 8.33. The number of hydrogen-bond donors (Lipinski definition) is 1. The lowest BCUT2D eigenvalue weighted by molar-refractivity contribution is 0.287. The van der Waals surface area contributed by atoms with E-state index in [1.807, 2.05) is 11.6 Å². The third-order valence-electron chi connectivity index (χ3n) is 3.12. The fourth-order valence-corrected chi connectivity index (χ4v) is 2.05. The lowest BCUT2D eigenvalue weighted by Crippen LogP contribution is -2.05. The number of benzene rings is 1. The van der Waals surface area contributed by atoms with Crippen LogP contribution in [0.4, 0.5) is 0 Å². The van der Waals surface area contributed by atoms with Gasteiger partial charge in [-0.05, 0) is 42.3 Å². The first-order valence-electron chi connectivity index (χ1n) is 6.32. The van der Waals surface area contributed by atoms with Crippen molar-refractivity contribution in [2.75, 3.05) is 0 Å². The van der Waals surface area contributed by atoms with E-state index < -0.39 is 0 Å². The van der Waals surface area contributed by atoms with E-state index in [2.05, 4.69) is 49.2 Å². The van der Waals surface area contributed by atoms with Gasteiger partial charge >= 0.3 is 0 Å². The smallest absolute Gasteiger partial charge is 0.194 e. The quantitative estimate of drug-likeness (QED) is 0.870. The first-order chi connectivity index (χ1) is 8.99. The molecule has 0 bridgehead atoms. The lowest BCUT2D eigenvalue weighted by Gasteiger charge is -2.14. The van der Waals surface area contributed by atoms with Crippen LogP contribution >= 0.6 is 12.2 Å². The second-order valence-electron chi connectivity index (χ2n) is 4.99. The van der Waals surface area contributed by atoms with Gasteiger partial charge in [-0.15, -0.1) is 0 Å². The molecule has 0 atom stereocenters. The van der Waals surface area contributed by atoms with Gasteiger partial charge in [-0.2, -0.15) is 5.10 Å². The van der Waals surface area contributed by atoms with Gasteiger partial charge in [0.15, 0.2) is 10.6 Å². The molecule has 4 nitrogen and oxygen atoms in total. The highest BCUT2D eigenvalue weighted by molar-refractivity contribution is 7.71. The predicted molar refractivity (Wildman–Crippen MR) is 78.0 cm³/mol. The van der Waals surface area contributed by atoms with Crippen molar-refractivity contribution in [3.63, 3.8) is 0 Å². The minimum Gasteiger partial charge on any atom is -0.485 e. The zero-order chi connectivity index (χ0) is 14.0. The normalized spacial score (nSPS) is 11.0. The van der Waals surface area contributed by atoms with Crippen molar-refractivity contribution in [1.82, 2.24) is 14.8 Å². The van der Waals surface area contributed by atoms with Crippen LogP contribution in [0.1, 0.15) is 36.7 Å². The van der Waals surface area contributed by atoms with Crippen molar-refractivity contribution in [3.8, 4) is 5.75 Å². The van der Waals surface area contributed by atoms with Crippen LogP contribution in [-0.2, 0) is 13.7 Å². The van der Waals surface area contributed by atoms with Crippen molar-refractivity contribution in [3.05, 3.63) is 39.9 Å². The third kappa shape index (κ3) is 3.04. The molecule has 0 radical (unpaired) electrons. The number of aromatic nitrogens is 3. The molecule has 0 fully saturated rings. The Labute approximate surface area is 118 Å². The van der Waals surface area contributed by atoms with Crippen LogP contribution in [0, 0.1) is 11.7 Å². The van der Waals surface area contributed by atoms with Gasteiger partial charge in [0, 0.05) is 7.05 Å². The van der Waals surface area contributed by atoms with Crippen molar-refractivity contribution >= 4 is 12.2 Å². The van der Waals surface area contributed by atoms with Gasteiger partial charge in [0.05, 0.1) is 0 Å². The SMILES string of the molecule is Cc1ccc(C(C)C)c(OCc2n[nH]c(=S)n2C)c1. The Bertz CT molecular complexity index is 628. The van der Waals surface area contributed by atoms with Crippen LogP contribution in [-0.4, -0.2) is 14.8 Å². The van der Waals surface area contributed by atoms with E-state index in [4.69, 9.17) is 17.0 Å². The highest BCUT2D eigenvalue weighted by Crippen LogP contribution is 2.27. The Morgan fingerprint density at radius 3 is 2.74 bits per heavy atom. The first kappa shape index (κ1) is 13.8. The van der Waals surface area contributed by atoms with Crippen LogP contribution in [0.3, 0.4) is 0 Å². The minimum absolute atomic E-state index is 0.410. The van der Waals surface area contributed by atoms with E-state index in [0.717, 1.165) is 11.6 Å². The van der Waals surface area contributed by atoms with Crippen molar-refractivity contribution in [2.45, 2.75) is 33.3 Å². The number of aryl methyl sites for hydroxylation is 1. The van der Waals surface area contributed by atoms with E-state index in [1.54, 1.807) is 0 Å². The van der Waals surface area contributed by atoms with Crippen molar-refractivity contribution < 1.29 is 4.74 Å². The third-order valence-corrected chi connectivity index (χ3v) is 3.49. The van der Waals surface area contributed by atoms with Gasteiger partial charge in [0.2, 0.25) is 0 Å². The van der Waals surface area contributed by atoms with Crippen LogP contribution in [0.25, 0.3) is 0 Å². The van der Waals surface area contributed by atoms with E-state index in [9.17, 15) is 0 Å². The molecule has 1 heterocycles. The number of aromatic amines is 1. The van der Waals surface area contributed by atoms with Crippen molar-refractivity contribution in [2.24, 2.45) is 7.05 Å². The summed E-state index contributed by atoms with van der Waals surface area (Å²) in [5.41, 5.74) is 2.40. The number of H-pyrrole nitrogens is 1. The number of ether oxygens (including phenoxy) is 1. The predicted octanol–water partition coefficient (Wildman–Crippen LogP) is 3.49. The molecule has 2 aromatic rings. The van der Waals surface area contributed by atoms with Gasteiger partial charge in [0.25, 0.3) is 0 Å². The molecule has 0 spiro atoms. The molecule has 0 aliphatic rings. The minimum atomic E-state index is 0.410. The van der Waals surface area contributed by atoms with E-state index in [1.165, 1.54) is 11.1 Å². The fraction of sp³-hybridized carbons (Fsp3) is 0.429. The average Bonchev–Trinajstić information content (AvgIpc) is 2.67. The summed E-state index contributed by atoms with van der Waals surface area (Å²) in [6.45, 7) is 6.79. The van der Waals surface area contributed by atoms with Gasteiger partial charge < -0.3 is 9.30 Å². The molecule has 0 unspecified atom stereocenters. The Morgan fingerprint density at radius 2 is 2.16 bits per heavy atom. The maximum atomic E-state index is 5.91. The van der Waals surface area contributed by atoms with Gasteiger partial charge in [-0.25, -0.2) is 0 Å². The van der Waals surface area contributed by atoms with Crippen LogP contribution < -0.4 is 4.74 Å². The van der Waals surface area contributed by atoms with Crippen LogP contribution in [0.15, 0.2) is 18.2 Å². The summed E-state index contributed by atoms with van der Waals surface area (Å²) >= 11 is 5.08. The molecule has 2 rings (SSSR count). The molecule has 19 heavy (non-hydrogen) atoms. The zero-order valence-electron chi connectivity index (χ0n) is 11.7. The maximum absolute atomic E-state index is 5.91. The topological polar surface area (TPSA) is 42.8 Å². The standard InChI is InChI=1S/C14H19N3OS/c1-9(2)11-6-5-10(3)7-12(11)18-8-13-15-16-14(19)17(13)4/h5-7,9H,8H2,1-4H3,(H,16,19). The summed E-state index contributed by atoms with van der Waals surface area (Å²) in [5, 5.41) is 6.91. The second kappa shape index (κ2) is 5.57. The molecule has 5 heteroatoms. The number of nitrogens with zero attached hydrogens (tertiary/aromatic N) is 2. The molecule has 1 N–H and O–H groups in total. The van der Waals surface area contributed by atoms with Gasteiger partial charge in [-0.3, -0.25) is 5.10 Å². The van der Waals surface area contributed by atoms with Crippen LogP contribution in [0.2, 0.25) is 0 Å². The monoisotopic (exact) mass is 277 g/mol. The molecular formula is C14H19N3OS. The molecule has 0 saturated heterocycles. The summed E-state index contributed by atoms with van der Waals surface area (Å²) in [5.74, 6) is 2.14. The molecule has 1 aromatic heterocycles. The zero-order valence-corrected chi connectivity index (χ0v) is 12.5. The van der Waals surface area contributed by atoms with E-state index >= 15 is 0 Å². The highest BCUT2D eigenvalue weighted by Gasteiger charge is 2.10. The largest absolute Gasteiger partial charge is 0.485 e. The first-order valence-corrected chi connectivity index (χ1v) is 6.73. The van der Waals surface area contributed by atoms with Crippen molar-refractivity contribution in [1.29, 1.82) is 0 Å². The second-order valence-corrected chi connectivity index (χ2v) is 5.38. The average molecular weight is 277 g/mol. The summed E-state index contributed by atoms with van der Waals surface area (Å²) in [4.78, 5) is 0. The Morgan fingerprint density at radius 1 is 1.42 bits per heavy atom. The molecular weight excluding hydrogens is 258 g/mol. The molecule has 0 aliphatic carbocycles. The highest BCUT2D eigenvalue weighted by atomic mass is 32.1. The molecule has 0 aliphatic heterocycles. The van der Waals surface area contributed by atoms with E-state index in [0.29, 0.717) is 17.3 Å². The Kier molecular flexibility index (Phi) is 4.04. The summed E-state index contributed by atoms with van der Waals surface area (Å²) in [6, 6.07) is 6.30. The van der Waals surface area contributed by atoms with E-state index in [-0.39, 0.29) is 0 Å². The Hall–Kier alpha value is -1.62. The summed E-state index contributed by atoms with van der Waals surface area (Å²) in [7, 11) is 1.88. The fourth-order valence-electron chi connectivity index (χ4n) is 1.89. The van der Waals surface area contributed by atoms with Gasteiger partial charge in [0.1, 0.15) is 12.4 Å². The molecule has 102 valence electrons. The lowest BCUT2D eigenvalue weighted by atomic mass is 10.0. The molecule has 0 saturated carbocycles.